The van der Waals surface area contributed by atoms with Gasteiger partial charge >= 0.3 is 0 Å². The average molecular weight is 388 g/mol. The van der Waals surface area contributed by atoms with Crippen molar-refractivity contribution in [3.8, 4) is 0 Å². The number of hydrogen-bond acceptors (Lipinski definition) is 6. The van der Waals surface area contributed by atoms with Crippen LogP contribution in [0.3, 0.4) is 0 Å². The molecule has 0 radical (unpaired) electrons. The molecule has 144 valence electrons. The smallest absolute Gasteiger partial charge is 0.293 e. The lowest BCUT2D eigenvalue weighted by Gasteiger charge is -2.33. The van der Waals surface area contributed by atoms with E-state index in [1.54, 1.807) is 29.2 Å². The van der Waals surface area contributed by atoms with Gasteiger partial charge in [0.25, 0.3) is 5.91 Å². The third kappa shape index (κ3) is 3.10. The highest BCUT2D eigenvalue weighted by atomic mass is 32.1. The minimum atomic E-state index is -0.294. The molecule has 3 aromatic heterocycles. The number of aromatic nitrogens is 4. The maximum atomic E-state index is 12.5. The van der Waals surface area contributed by atoms with Crippen molar-refractivity contribution in [3.63, 3.8) is 0 Å². The third-order valence-electron chi connectivity index (χ3n) is 5.58. The molecule has 27 heavy (non-hydrogen) atoms. The Bertz CT molecular complexity index is 1020. The number of carbonyl (C=O) groups excluding carboxylic acids is 1. The predicted molar refractivity (Wildman–Crippen MR) is 105 cm³/mol. The van der Waals surface area contributed by atoms with Gasteiger partial charge in [-0.2, -0.15) is 0 Å². The summed E-state index contributed by atoms with van der Waals surface area (Å²) in [5.74, 6) is 0.512. The molecule has 7 nitrogen and oxygen atoms in total. The van der Waals surface area contributed by atoms with Gasteiger partial charge in [0.2, 0.25) is 5.82 Å². The maximum Gasteiger partial charge on any atom is 0.293 e. The van der Waals surface area contributed by atoms with Gasteiger partial charge in [0.1, 0.15) is 11.2 Å². The Balaban J connectivity index is 1.78. The topological polar surface area (TPSA) is 83.6 Å². The second-order valence-corrected chi connectivity index (χ2v) is 9.47. The standard InChI is InChI=1S/C19H25N5O2S/c1-19(2,3)11-5-6-12-13(9-11)27-17-14(12)16-21-15(22-24(16)10-20-17)18(26)23(4)7-8-25/h10-11,25H,5-9H2,1-4H3/t11-/m0/s1. The summed E-state index contributed by atoms with van der Waals surface area (Å²) in [6.07, 6.45) is 4.88. The molecular formula is C19H25N5O2S. The normalized spacial score (nSPS) is 17.4. The first kappa shape index (κ1) is 18.3. The van der Waals surface area contributed by atoms with Crippen LogP contribution >= 0.6 is 11.3 Å². The van der Waals surface area contributed by atoms with E-state index in [0.717, 1.165) is 29.5 Å². The number of nitrogens with zero attached hydrogens (tertiary/aromatic N) is 5. The molecule has 4 rings (SSSR count). The predicted octanol–water partition coefficient (Wildman–Crippen LogP) is 2.55. The largest absolute Gasteiger partial charge is 0.395 e. The van der Waals surface area contributed by atoms with E-state index in [0.29, 0.717) is 17.0 Å². The molecule has 1 aliphatic rings. The van der Waals surface area contributed by atoms with E-state index < -0.39 is 0 Å². The number of carbonyl (C=O) groups is 1. The van der Waals surface area contributed by atoms with E-state index >= 15 is 0 Å². The van der Waals surface area contributed by atoms with Crippen molar-refractivity contribution >= 4 is 33.1 Å². The van der Waals surface area contributed by atoms with E-state index in [2.05, 4.69) is 35.8 Å². The van der Waals surface area contributed by atoms with Crippen molar-refractivity contribution in [2.24, 2.45) is 11.3 Å². The lowest BCUT2D eigenvalue weighted by atomic mass is 9.72. The second-order valence-electron chi connectivity index (χ2n) is 8.39. The number of aryl methyl sites for hydroxylation is 1. The number of likely N-dealkylation sites (N-methyl/N-ethyl adjacent to an activating group) is 1. The summed E-state index contributed by atoms with van der Waals surface area (Å²) < 4.78 is 1.60. The number of hydrogen-bond donors (Lipinski definition) is 1. The Kier molecular flexibility index (Phi) is 4.43. The number of aliphatic hydroxyl groups is 1. The van der Waals surface area contributed by atoms with E-state index in [4.69, 9.17) is 5.11 Å². The van der Waals surface area contributed by atoms with Crippen LogP contribution in [0.1, 0.15) is 48.3 Å². The number of amides is 1. The molecule has 0 saturated heterocycles. The zero-order chi connectivity index (χ0) is 19.3. The van der Waals surface area contributed by atoms with Gasteiger partial charge in [-0.1, -0.05) is 20.8 Å². The van der Waals surface area contributed by atoms with Crippen LogP contribution in [0.15, 0.2) is 6.33 Å². The summed E-state index contributed by atoms with van der Waals surface area (Å²) in [7, 11) is 1.64. The van der Waals surface area contributed by atoms with Crippen LogP contribution in [0.25, 0.3) is 15.9 Å². The molecule has 1 N–H and O–H groups in total. The molecule has 1 aliphatic carbocycles. The van der Waals surface area contributed by atoms with E-state index in [-0.39, 0.29) is 24.9 Å². The molecule has 0 unspecified atom stereocenters. The fraction of sp³-hybridized carbons (Fsp3) is 0.579. The van der Waals surface area contributed by atoms with Crippen LogP contribution in [-0.4, -0.2) is 55.7 Å². The molecule has 1 atom stereocenters. The number of thiophene rings is 1. The van der Waals surface area contributed by atoms with Crippen LogP contribution < -0.4 is 0 Å². The molecule has 0 aromatic carbocycles. The summed E-state index contributed by atoms with van der Waals surface area (Å²) in [5, 5.41) is 14.4. The molecule has 1 amide bonds. The van der Waals surface area contributed by atoms with Crippen molar-refractivity contribution in [2.75, 3.05) is 20.2 Å². The van der Waals surface area contributed by atoms with Crippen molar-refractivity contribution in [1.29, 1.82) is 0 Å². The third-order valence-corrected chi connectivity index (χ3v) is 6.75. The van der Waals surface area contributed by atoms with Gasteiger partial charge in [-0.25, -0.2) is 14.5 Å². The van der Waals surface area contributed by atoms with Gasteiger partial charge in [0, 0.05) is 18.5 Å². The zero-order valence-electron chi connectivity index (χ0n) is 16.2. The maximum absolute atomic E-state index is 12.5. The molecule has 3 aromatic rings. The van der Waals surface area contributed by atoms with Crippen LogP contribution in [0, 0.1) is 11.3 Å². The lowest BCUT2D eigenvalue weighted by Crippen LogP contribution is -2.30. The number of fused-ring (bicyclic) bond motifs is 5. The summed E-state index contributed by atoms with van der Waals surface area (Å²) >= 11 is 1.75. The SMILES string of the molecule is CN(CCO)C(=O)c1nc2c3c4c(sc3ncn2n1)C[C@@H](C(C)(C)C)CC4. The fourth-order valence-corrected chi connectivity index (χ4v) is 5.09. The van der Waals surface area contributed by atoms with Crippen LogP contribution in [0.4, 0.5) is 0 Å². The molecule has 0 bridgehead atoms. The zero-order valence-corrected chi connectivity index (χ0v) is 17.0. The van der Waals surface area contributed by atoms with Crippen molar-refractivity contribution in [1.82, 2.24) is 24.5 Å². The first-order valence-electron chi connectivity index (χ1n) is 9.31. The Morgan fingerprint density at radius 1 is 1.44 bits per heavy atom. The second kappa shape index (κ2) is 6.53. The highest BCUT2D eigenvalue weighted by Crippen LogP contribution is 2.43. The minimum absolute atomic E-state index is 0.0889. The van der Waals surface area contributed by atoms with E-state index in [9.17, 15) is 4.79 Å². The highest BCUT2D eigenvalue weighted by molar-refractivity contribution is 7.19. The van der Waals surface area contributed by atoms with Gasteiger partial charge in [-0.05, 0) is 36.2 Å². The van der Waals surface area contributed by atoms with Crippen LogP contribution in [-0.2, 0) is 12.8 Å². The summed E-state index contributed by atoms with van der Waals surface area (Å²) in [5.41, 5.74) is 2.32. The Morgan fingerprint density at radius 2 is 2.22 bits per heavy atom. The summed E-state index contributed by atoms with van der Waals surface area (Å²) in [4.78, 5) is 25.4. The minimum Gasteiger partial charge on any atom is -0.395 e. The quantitative estimate of drug-likeness (QED) is 0.747. The Morgan fingerprint density at radius 3 is 2.93 bits per heavy atom. The fourth-order valence-electron chi connectivity index (χ4n) is 3.83. The van der Waals surface area contributed by atoms with Gasteiger partial charge in [-0.3, -0.25) is 4.79 Å². The van der Waals surface area contributed by atoms with Gasteiger partial charge in [0.05, 0.1) is 12.0 Å². The summed E-state index contributed by atoms with van der Waals surface area (Å²) in [6.45, 7) is 7.10. The molecule has 3 heterocycles. The lowest BCUT2D eigenvalue weighted by molar-refractivity contribution is 0.0755. The summed E-state index contributed by atoms with van der Waals surface area (Å²) in [6, 6.07) is 0. The average Bonchev–Trinajstić information content (AvgIpc) is 3.20. The molecule has 0 fully saturated rings. The van der Waals surface area contributed by atoms with E-state index in [1.165, 1.54) is 15.3 Å². The Hall–Kier alpha value is -2.06. The van der Waals surface area contributed by atoms with Gasteiger partial charge < -0.3 is 10.0 Å². The molecule has 0 aliphatic heterocycles. The van der Waals surface area contributed by atoms with Crippen LogP contribution in [0.5, 0.6) is 0 Å². The van der Waals surface area contributed by atoms with Gasteiger partial charge in [0.15, 0.2) is 5.65 Å². The van der Waals surface area contributed by atoms with Crippen molar-refractivity contribution in [2.45, 2.75) is 40.0 Å². The van der Waals surface area contributed by atoms with Gasteiger partial charge in [-0.15, -0.1) is 16.4 Å². The monoisotopic (exact) mass is 387 g/mol. The number of aliphatic hydroxyl groups excluding tert-OH is 1. The van der Waals surface area contributed by atoms with Crippen molar-refractivity contribution < 1.29 is 9.90 Å². The first-order chi connectivity index (χ1) is 12.8. The first-order valence-corrected chi connectivity index (χ1v) is 10.1. The highest BCUT2D eigenvalue weighted by Gasteiger charge is 2.32. The Labute approximate surface area is 162 Å². The van der Waals surface area contributed by atoms with Crippen molar-refractivity contribution in [3.05, 3.63) is 22.6 Å². The molecule has 0 saturated carbocycles. The molecular weight excluding hydrogens is 362 g/mol. The van der Waals surface area contributed by atoms with Crippen LogP contribution in [0.2, 0.25) is 0 Å². The molecule has 8 heteroatoms. The number of rotatable bonds is 3. The van der Waals surface area contributed by atoms with E-state index in [1.807, 2.05) is 0 Å². The molecule has 0 spiro atoms.